The Hall–Kier alpha value is -0.820. The van der Waals surface area contributed by atoms with Crippen molar-refractivity contribution in [3.63, 3.8) is 0 Å². The van der Waals surface area contributed by atoms with Crippen LogP contribution in [-0.4, -0.2) is 17.8 Å². The number of benzene rings is 1. The molecule has 0 aliphatic rings. The highest BCUT2D eigenvalue weighted by Crippen LogP contribution is 2.32. The molecule has 0 radical (unpaired) electrons. The fourth-order valence-corrected chi connectivity index (χ4v) is 2.19. The molecule has 0 saturated carbocycles. The zero-order chi connectivity index (χ0) is 15.5. The summed E-state index contributed by atoms with van der Waals surface area (Å²) < 4.78 is 44.4. The Bertz CT molecular complexity index is 491. The van der Waals surface area contributed by atoms with Crippen LogP contribution in [0.1, 0.15) is 25.3 Å². The quantitative estimate of drug-likeness (QED) is 0.780. The Balaban J connectivity index is 2.91. The van der Waals surface area contributed by atoms with Gasteiger partial charge >= 0.3 is 6.18 Å². The van der Waals surface area contributed by atoms with Crippen molar-refractivity contribution in [3.8, 4) is 5.75 Å². The molecule has 0 spiro atoms. The minimum Gasteiger partial charge on any atom is -0.492 e. The predicted octanol–water partition coefficient (Wildman–Crippen LogP) is 4.42. The Labute approximate surface area is 129 Å². The molecule has 0 fully saturated rings. The summed E-state index contributed by atoms with van der Waals surface area (Å²) in [7, 11) is 0. The highest BCUT2D eigenvalue weighted by atomic mass is 79.9. The Kier molecular flexibility index (Phi) is 5.82. The fraction of sp³-hybridized carbons (Fsp3) is 0.462. The van der Waals surface area contributed by atoms with E-state index in [0.29, 0.717) is 5.75 Å². The fourth-order valence-electron chi connectivity index (χ4n) is 1.61. The van der Waals surface area contributed by atoms with E-state index >= 15 is 0 Å². The average molecular weight is 370 g/mol. The number of thiocarbonyl (C=S) groups is 1. The van der Waals surface area contributed by atoms with Gasteiger partial charge in [0.1, 0.15) is 18.3 Å². The van der Waals surface area contributed by atoms with Gasteiger partial charge in [0.05, 0.1) is 4.99 Å². The van der Waals surface area contributed by atoms with Gasteiger partial charge in [-0.25, -0.2) is 0 Å². The van der Waals surface area contributed by atoms with Crippen molar-refractivity contribution in [2.45, 2.75) is 25.9 Å². The van der Waals surface area contributed by atoms with E-state index in [1.807, 2.05) is 19.9 Å². The van der Waals surface area contributed by atoms with Gasteiger partial charge < -0.3 is 10.5 Å². The summed E-state index contributed by atoms with van der Waals surface area (Å²) in [6, 6.07) is 5.17. The Morgan fingerprint density at radius 1 is 1.40 bits per heavy atom. The number of alkyl halides is 3. The van der Waals surface area contributed by atoms with Crippen molar-refractivity contribution in [2.24, 2.45) is 11.7 Å². The normalized spacial score (nSPS) is 13.3. The molecule has 0 amide bonds. The minimum atomic E-state index is -4.50. The minimum absolute atomic E-state index is 0.122. The van der Waals surface area contributed by atoms with E-state index in [0.717, 1.165) is 10.0 Å². The molecule has 1 aromatic rings. The topological polar surface area (TPSA) is 35.2 Å². The smallest absolute Gasteiger partial charge is 0.401 e. The zero-order valence-corrected chi connectivity index (χ0v) is 13.4. The number of hydrogen-bond donors (Lipinski definition) is 1. The number of rotatable bonds is 5. The maximum Gasteiger partial charge on any atom is 0.401 e. The first kappa shape index (κ1) is 17.2. The molecular formula is C13H15BrF3NOS. The van der Waals surface area contributed by atoms with Crippen LogP contribution in [0.2, 0.25) is 0 Å². The standard InChI is InChI=1S/C13H15BrF3NOS/c1-7(2)9-5-8(14)3-4-11(9)19-6-10(12(18)20)13(15,16)17/h3-5,7,10H,6H2,1-2H3,(H2,18,20). The summed E-state index contributed by atoms with van der Waals surface area (Å²) in [5, 5.41) is 0. The Morgan fingerprint density at radius 2 is 2.00 bits per heavy atom. The predicted molar refractivity (Wildman–Crippen MR) is 80.1 cm³/mol. The zero-order valence-electron chi connectivity index (χ0n) is 11.0. The SMILES string of the molecule is CC(C)c1cc(Br)ccc1OCC(C(N)=S)C(F)(F)F. The highest BCUT2D eigenvalue weighted by molar-refractivity contribution is 9.10. The van der Waals surface area contributed by atoms with E-state index in [4.69, 9.17) is 10.5 Å². The maximum absolute atomic E-state index is 12.7. The van der Waals surface area contributed by atoms with Gasteiger partial charge in [-0.2, -0.15) is 13.2 Å². The largest absolute Gasteiger partial charge is 0.492 e. The van der Waals surface area contributed by atoms with Gasteiger partial charge in [0.25, 0.3) is 0 Å². The third kappa shape index (κ3) is 4.63. The summed E-state index contributed by atoms with van der Waals surface area (Å²) >= 11 is 7.78. The Morgan fingerprint density at radius 3 is 2.45 bits per heavy atom. The number of nitrogens with two attached hydrogens (primary N) is 1. The molecule has 2 nitrogen and oxygen atoms in total. The second kappa shape index (κ2) is 6.76. The van der Waals surface area contributed by atoms with Crippen molar-refractivity contribution in [2.75, 3.05) is 6.61 Å². The first-order chi connectivity index (χ1) is 9.12. The van der Waals surface area contributed by atoms with Crippen LogP contribution < -0.4 is 10.5 Å². The monoisotopic (exact) mass is 369 g/mol. The number of hydrogen-bond acceptors (Lipinski definition) is 2. The van der Waals surface area contributed by atoms with E-state index in [1.54, 1.807) is 12.1 Å². The summed E-state index contributed by atoms with van der Waals surface area (Å²) in [6.45, 7) is 3.26. The van der Waals surface area contributed by atoms with Crippen LogP contribution in [0.15, 0.2) is 22.7 Å². The van der Waals surface area contributed by atoms with E-state index in [9.17, 15) is 13.2 Å². The molecule has 1 atom stereocenters. The van der Waals surface area contributed by atoms with Crippen LogP contribution in [0.3, 0.4) is 0 Å². The molecule has 0 heterocycles. The third-order valence-electron chi connectivity index (χ3n) is 2.74. The second-order valence-electron chi connectivity index (χ2n) is 4.64. The van der Waals surface area contributed by atoms with Crippen LogP contribution in [0, 0.1) is 5.92 Å². The molecule has 7 heteroatoms. The lowest BCUT2D eigenvalue weighted by atomic mass is 10.0. The molecule has 0 bridgehead atoms. The molecule has 2 N–H and O–H groups in total. The van der Waals surface area contributed by atoms with Gasteiger partial charge in [0.15, 0.2) is 0 Å². The molecule has 1 aromatic carbocycles. The first-order valence-corrected chi connectivity index (χ1v) is 7.11. The number of ether oxygens (including phenoxy) is 1. The van der Waals surface area contributed by atoms with Crippen LogP contribution in [0.25, 0.3) is 0 Å². The van der Waals surface area contributed by atoms with Crippen LogP contribution in [0.4, 0.5) is 13.2 Å². The van der Waals surface area contributed by atoms with Crippen molar-refractivity contribution in [3.05, 3.63) is 28.2 Å². The van der Waals surface area contributed by atoms with Crippen molar-refractivity contribution >= 4 is 33.1 Å². The van der Waals surface area contributed by atoms with Gasteiger partial charge in [-0.1, -0.05) is 42.0 Å². The van der Waals surface area contributed by atoms with Gasteiger partial charge in [0.2, 0.25) is 0 Å². The van der Waals surface area contributed by atoms with E-state index in [1.165, 1.54) is 0 Å². The first-order valence-electron chi connectivity index (χ1n) is 5.91. The van der Waals surface area contributed by atoms with Gasteiger partial charge in [-0.15, -0.1) is 0 Å². The highest BCUT2D eigenvalue weighted by Gasteiger charge is 2.42. The third-order valence-corrected chi connectivity index (χ3v) is 3.52. The van der Waals surface area contributed by atoms with Gasteiger partial charge in [-0.05, 0) is 29.7 Å². The van der Waals surface area contributed by atoms with Crippen molar-refractivity contribution < 1.29 is 17.9 Å². The maximum atomic E-state index is 12.7. The second-order valence-corrected chi connectivity index (χ2v) is 6.03. The molecule has 0 aromatic heterocycles. The summed E-state index contributed by atoms with van der Waals surface area (Å²) in [5.74, 6) is -1.41. The summed E-state index contributed by atoms with van der Waals surface area (Å²) in [4.78, 5) is -0.610. The lowest BCUT2D eigenvalue weighted by Crippen LogP contribution is -2.38. The van der Waals surface area contributed by atoms with Gasteiger partial charge in [-0.3, -0.25) is 0 Å². The molecular weight excluding hydrogens is 355 g/mol. The summed E-state index contributed by atoms with van der Waals surface area (Å²) in [5.41, 5.74) is 5.96. The molecule has 0 aliphatic carbocycles. The van der Waals surface area contributed by atoms with Crippen molar-refractivity contribution in [1.29, 1.82) is 0 Å². The van der Waals surface area contributed by atoms with Gasteiger partial charge in [0, 0.05) is 4.47 Å². The average Bonchev–Trinajstić information content (AvgIpc) is 2.28. The molecule has 0 aliphatic heterocycles. The van der Waals surface area contributed by atoms with Crippen LogP contribution in [0.5, 0.6) is 5.75 Å². The molecule has 1 rings (SSSR count). The van der Waals surface area contributed by atoms with E-state index < -0.39 is 23.7 Å². The van der Waals surface area contributed by atoms with Crippen molar-refractivity contribution in [1.82, 2.24) is 0 Å². The molecule has 20 heavy (non-hydrogen) atoms. The molecule has 0 saturated heterocycles. The van der Waals surface area contributed by atoms with Crippen LogP contribution >= 0.6 is 28.1 Å². The van der Waals surface area contributed by atoms with E-state index in [2.05, 4.69) is 28.1 Å². The van der Waals surface area contributed by atoms with E-state index in [-0.39, 0.29) is 5.92 Å². The van der Waals surface area contributed by atoms with Crippen LogP contribution in [-0.2, 0) is 0 Å². The molecule has 1 unspecified atom stereocenters. The molecule has 112 valence electrons. The number of halogens is 4. The lowest BCUT2D eigenvalue weighted by molar-refractivity contribution is -0.161. The lowest BCUT2D eigenvalue weighted by Gasteiger charge is -2.21. The summed E-state index contributed by atoms with van der Waals surface area (Å²) in [6.07, 6.45) is -4.50.